The molecule has 0 saturated heterocycles. The smallest absolute Gasteiger partial charge is 0.350 e. The van der Waals surface area contributed by atoms with Crippen molar-refractivity contribution >= 4 is 50.7 Å². The minimum absolute atomic E-state index is 0.187. The first-order valence-corrected chi connectivity index (χ1v) is 13.6. The van der Waals surface area contributed by atoms with Crippen LogP contribution in [0.5, 0.6) is 0 Å². The molecule has 0 fully saturated rings. The number of nitrogens with one attached hydrogen (secondary N) is 1. The number of benzene rings is 2. The molecule has 37 heavy (non-hydrogen) atoms. The number of hydrogen-bond donors (Lipinski definition) is 1. The maximum absolute atomic E-state index is 13.5. The van der Waals surface area contributed by atoms with Gasteiger partial charge in [-0.3, -0.25) is 13.9 Å². The van der Waals surface area contributed by atoms with Crippen molar-refractivity contribution in [1.82, 2.24) is 10.2 Å². The van der Waals surface area contributed by atoms with Gasteiger partial charge >= 0.3 is 6.18 Å². The quantitative estimate of drug-likeness (QED) is 0.469. The number of anilines is 1. The maximum atomic E-state index is 13.5. The largest absolute Gasteiger partial charge is 0.416 e. The predicted octanol–water partition coefficient (Wildman–Crippen LogP) is 5.11. The zero-order valence-electron chi connectivity index (χ0n) is 20.9. The Hall–Kier alpha value is -2.50. The summed E-state index contributed by atoms with van der Waals surface area (Å²) in [5, 5.41) is 3.32. The van der Waals surface area contributed by atoms with Gasteiger partial charge in [-0.1, -0.05) is 35.3 Å². The molecular formula is C24H28Cl2F3N3O4S. The molecule has 204 valence electrons. The number of alkyl halides is 3. The Kier molecular flexibility index (Phi) is 9.54. The highest BCUT2D eigenvalue weighted by molar-refractivity contribution is 7.92. The van der Waals surface area contributed by atoms with Gasteiger partial charge in [0.25, 0.3) is 0 Å². The van der Waals surface area contributed by atoms with Gasteiger partial charge in [0.15, 0.2) is 0 Å². The van der Waals surface area contributed by atoms with E-state index in [1.807, 2.05) is 0 Å². The van der Waals surface area contributed by atoms with Gasteiger partial charge in [-0.05, 0) is 63.6 Å². The predicted molar refractivity (Wildman–Crippen MR) is 138 cm³/mol. The number of halogens is 5. The molecule has 0 spiro atoms. The van der Waals surface area contributed by atoms with Crippen molar-refractivity contribution in [3.63, 3.8) is 0 Å². The summed E-state index contributed by atoms with van der Waals surface area (Å²) in [7, 11) is -4.20. The van der Waals surface area contributed by atoms with Gasteiger partial charge in [0.2, 0.25) is 21.8 Å². The number of rotatable bonds is 8. The summed E-state index contributed by atoms with van der Waals surface area (Å²) in [6, 6.07) is 7.10. The first-order chi connectivity index (χ1) is 16.8. The van der Waals surface area contributed by atoms with Gasteiger partial charge in [-0.15, -0.1) is 0 Å². The Morgan fingerprint density at radius 1 is 1.05 bits per heavy atom. The van der Waals surface area contributed by atoms with Gasteiger partial charge in [-0.25, -0.2) is 8.42 Å². The van der Waals surface area contributed by atoms with Crippen LogP contribution < -0.4 is 9.62 Å². The Morgan fingerprint density at radius 3 is 2.19 bits per heavy atom. The molecule has 2 amide bonds. The SMILES string of the molecule is CC(C(=O)NC(C)(C)C)N(Cc1ccc(Cl)cc1Cl)C(=O)CN(c1cccc(C(F)(F)F)c1)S(C)(=O)=O. The summed E-state index contributed by atoms with van der Waals surface area (Å²) in [5.41, 5.74) is -1.62. The number of nitrogens with zero attached hydrogens (tertiary/aromatic N) is 2. The van der Waals surface area contributed by atoms with Crippen molar-refractivity contribution in [3.05, 3.63) is 63.6 Å². The van der Waals surface area contributed by atoms with E-state index in [9.17, 15) is 31.2 Å². The number of hydrogen-bond acceptors (Lipinski definition) is 4. The van der Waals surface area contributed by atoms with E-state index in [0.29, 0.717) is 21.0 Å². The van der Waals surface area contributed by atoms with Crippen molar-refractivity contribution in [2.45, 2.75) is 52.0 Å². The second kappa shape index (κ2) is 11.5. The van der Waals surface area contributed by atoms with Crippen LogP contribution in [0.25, 0.3) is 0 Å². The lowest BCUT2D eigenvalue weighted by atomic mass is 10.1. The number of carbonyl (C=O) groups is 2. The van der Waals surface area contributed by atoms with Crippen LogP contribution in [0.4, 0.5) is 18.9 Å². The highest BCUT2D eigenvalue weighted by Crippen LogP contribution is 2.32. The standard InChI is InChI=1S/C24H28Cl2F3N3O4S/c1-15(22(34)30-23(2,3)4)31(13-16-9-10-18(25)12-20(16)26)21(33)14-32(37(5,35)36)19-8-6-7-17(11-19)24(27,28)29/h6-12,15H,13-14H2,1-5H3,(H,30,34). The van der Waals surface area contributed by atoms with Gasteiger partial charge in [-0.2, -0.15) is 13.2 Å². The molecule has 0 aliphatic carbocycles. The van der Waals surface area contributed by atoms with Crippen LogP contribution in [0.3, 0.4) is 0 Å². The molecule has 0 aromatic heterocycles. The molecule has 1 atom stereocenters. The first kappa shape index (κ1) is 30.7. The zero-order valence-corrected chi connectivity index (χ0v) is 23.2. The lowest BCUT2D eigenvalue weighted by molar-refractivity contribution is -0.140. The Morgan fingerprint density at radius 2 is 1.68 bits per heavy atom. The highest BCUT2D eigenvalue weighted by atomic mass is 35.5. The van der Waals surface area contributed by atoms with E-state index >= 15 is 0 Å². The topological polar surface area (TPSA) is 86.8 Å². The van der Waals surface area contributed by atoms with Gasteiger partial charge in [0.05, 0.1) is 17.5 Å². The van der Waals surface area contributed by atoms with Crippen molar-refractivity contribution in [2.75, 3.05) is 17.1 Å². The fourth-order valence-electron chi connectivity index (χ4n) is 3.34. The van der Waals surface area contributed by atoms with E-state index < -0.39 is 51.7 Å². The monoisotopic (exact) mass is 581 g/mol. The molecule has 2 aromatic carbocycles. The number of carbonyl (C=O) groups excluding carboxylic acids is 2. The summed E-state index contributed by atoms with van der Waals surface area (Å²) in [5.74, 6) is -1.35. The second-order valence-electron chi connectivity index (χ2n) is 9.49. The summed E-state index contributed by atoms with van der Waals surface area (Å²) < 4.78 is 65.4. The summed E-state index contributed by atoms with van der Waals surface area (Å²) in [4.78, 5) is 27.5. The molecule has 0 bridgehead atoms. The van der Waals surface area contributed by atoms with Crippen LogP contribution in [0, 0.1) is 0 Å². The molecule has 2 rings (SSSR count). The van der Waals surface area contributed by atoms with E-state index in [4.69, 9.17) is 23.2 Å². The molecule has 0 heterocycles. The van der Waals surface area contributed by atoms with Crippen molar-refractivity contribution in [1.29, 1.82) is 0 Å². The third kappa shape index (κ3) is 8.79. The summed E-state index contributed by atoms with van der Waals surface area (Å²) in [6.45, 7) is 5.67. The van der Waals surface area contributed by atoms with E-state index in [2.05, 4.69) is 5.32 Å². The molecule has 0 saturated carbocycles. The molecule has 0 aliphatic heterocycles. The number of sulfonamides is 1. The van der Waals surface area contributed by atoms with Crippen LogP contribution in [-0.2, 0) is 32.3 Å². The minimum Gasteiger partial charge on any atom is -0.350 e. The average molecular weight is 582 g/mol. The van der Waals surface area contributed by atoms with Crippen molar-refractivity contribution in [3.8, 4) is 0 Å². The van der Waals surface area contributed by atoms with E-state index in [0.717, 1.165) is 29.4 Å². The van der Waals surface area contributed by atoms with Gasteiger partial charge in [0.1, 0.15) is 12.6 Å². The van der Waals surface area contributed by atoms with E-state index in [1.165, 1.54) is 19.1 Å². The lowest BCUT2D eigenvalue weighted by Gasteiger charge is -2.33. The number of amides is 2. The van der Waals surface area contributed by atoms with Gasteiger partial charge < -0.3 is 10.2 Å². The molecule has 13 heteroatoms. The molecule has 1 N–H and O–H groups in total. The fraction of sp³-hybridized carbons (Fsp3) is 0.417. The second-order valence-corrected chi connectivity index (χ2v) is 12.2. The third-order valence-electron chi connectivity index (χ3n) is 5.16. The van der Waals surface area contributed by atoms with Crippen LogP contribution in [0.2, 0.25) is 10.0 Å². The van der Waals surface area contributed by atoms with E-state index in [1.54, 1.807) is 26.8 Å². The third-order valence-corrected chi connectivity index (χ3v) is 6.89. The fourth-order valence-corrected chi connectivity index (χ4v) is 4.65. The maximum Gasteiger partial charge on any atom is 0.416 e. The van der Waals surface area contributed by atoms with E-state index in [-0.39, 0.29) is 17.3 Å². The molecular weight excluding hydrogens is 554 g/mol. The zero-order chi connectivity index (χ0) is 28.3. The minimum atomic E-state index is -4.72. The molecule has 0 aliphatic rings. The average Bonchev–Trinajstić information content (AvgIpc) is 2.74. The normalized spacial score (nSPS) is 13.1. The lowest BCUT2D eigenvalue weighted by Crippen LogP contribution is -2.54. The van der Waals surface area contributed by atoms with Crippen LogP contribution >= 0.6 is 23.2 Å². The Balaban J connectivity index is 2.49. The summed E-state index contributed by atoms with van der Waals surface area (Å²) in [6.07, 6.45) is -3.95. The first-order valence-electron chi connectivity index (χ1n) is 11.0. The molecule has 1 unspecified atom stereocenters. The molecule has 7 nitrogen and oxygen atoms in total. The molecule has 2 aromatic rings. The molecule has 0 radical (unpaired) electrons. The Bertz CT molecular complexity index is 1260. The van der Waals surface area contributed by atoms with Gasteiger partial charge in [0, 0.05) is 22.1 Å². The summed E-state index contributed by atoms with van der Waals surface area (Å²) >= 11 is 12.2. The van der Waals surface area contributed by atoms with Crippen LogP contribution in [-0.4, -0.2) is 49.5 Å². The Labute approximate surface area is 224 Å². The van der Waals surface area contributed by atoms with Crippen LogP contribution in [0.15, 0.2) is 42.5 Å². The van der Waals surface area contributed by atoms with Crippen LogP contribution in [0.1, 0.15) is 38.8 Å². The van der Waals surface area contributed by atoms with Crippen molar-refractivity contribution in [2.24, 2.45) is 0 Å². The highest BCUT2D eigenvalue weighted by Gasteiger charge is 2.34. The van der Waals surface area contributed by atoms with Crippen molar-refractivity contribution < 1.29 is 31.2 Å².